The second kappa shape index (κ2) is 9.42. The summed E-state index contributed by atoms with van der Waals surface area (Å²) in [5, 5.41) is 8.00. The lowest BCUT2D eigenvalue weighted by atomic mass is 10.1. The number of hydrogen-bond acceptors (Lipinski definition) is 3. The van der Waals surface area contributed by atoms with Crippen LogP contribution in [-0.2, 0) is 13.0 Å². The minimum Gasteiger partial charge on any atom is -0.497 e. The van der Waals surface area contributed by atoms with Crippen molar-refractivity contribution in [1.29, 1.82) is 0 Å². The number of halogens is 1. The molecule has 2 aromatic carbocycles. The van der Waals surface area contributed by atoms with Gasteiger partial charge in [-0.3, -0.25) is 9.48 Å². The Bertz CT molecular complexity index is 922. The van der Waals surface area contributed by atoms with Gasteiger partial charge in [-0.1, -0.05) is 41.9 Å². The van der Waals surface area contributed by atoms with Crippen LogP contribution in [0.15, 0.2) is 60.9 Å². The van der Waals surface area contributed by atoms with Gasteiger partial charge in [0, 0.05) is 17.3 Å². The summed E-state index contributed by atoms with van der Waals surface area (Å²) in [5.41, 5.74) is 2.73. The molecule has 1 aromatic heterocycles. The summed E-state index contributed by atoms with van der Waals surface area (Å²) in [4.78, 5) is 12.5. The third-order valence-corrected chi connectivity index (χ3v) is 4.96. The Hall–Kier alpha value is -2.79. The fourth-order valence-electron chi connectivity index (χ4n) is 2.92. The topological polar surface area (TPSA) is 56.1 Å². The fraction of sp³-hybridized carbons (Fsp3) is 0.273. The zero-order valence-corrected chi connectivity index (χ0v) is 16.8. The zero-order valence-electron chi connectivity index (χ0n) is 16.1. The van der Waals surface area contributed by atoms with Crippen LogP contribution in [0.1, 0.15) is 34.8 Å². The first-order chi connectivity index (χ1) is 13.5. The van der Waals surface area contributed by atoms with Gasteiger partial charge in [-0.15, -0.1) is 0 Å². The minimum absolute atomic E-state index is 0.0570. The smallest absolute Gasteiger partial charge is 0.254 e. The number of aryl methyl sites for hydroxylation is 1. The molecule has 3 rings (SSSR count). The van der Waals surface area contributed by atoms with Crippen molar-refractivity contribution in [3.05, 3.63) is 82.6 Å². The fourth-order valence-corrected chi connectivity index (χ4v) is 3.12. The molecule has 0 aliphatic rings. The lowest BCUT2D eigenvalue weighted by molar-refractivity contribution is 0.0938. The van der Waals surface area contributed by atoms with Crippen molar-refractivity contribution in [3.8, 4) is 5.75 Å². The molecule has 1 heterocycles. The summed E-state index contributed by atoms with van der Waals surface area (Å²) in [5.74, 6) is 0.728. The highest BCUT2D eigenvalue weighted by Crippen LogP contribution is 2.16. The summed E-state index contributed by atoms with van der Waals surface area (Å²) in [7, 11) is 1.66. The maximum atomic E-state index is 12.5. The molecule has 0 aliphatic carbocycles. The van der Waals surface area contributed by atoms with Gasteiger partial charge < -0.3 is 10.1 Å². The van der Waals surface area contributed by atoms with Gasteiger partial charge in [0.15, 0.2) is 0 Å². The molecule has 1 amide bonds. The summed E-state index contributed by atoms with van der Waals surface area (Å²) in [6.07, 6.45) is 5.07. The average Bonchev–Trinajstić information content (AvgIpc) is 3.17. The predicted molar refractivity (Wildman–Crippen MR) is 111 cm³/mol. The molecule has 6 heteroatoms. The summed E-state index contributed by atoms with van der Waals surface area (Å²) < 4.78 is 6.89. The van der Waals surface area contributed by atoms with E-state index in [9.17, 15) is 4.79 Å². The molecule has 5 nitrogen and oxygen atoms in total. The lowest BCUT2D eigenvalue weighted by Crippen LogP contribution is -2.32. The van der Waals surface area contributed by atoms with Gasteiger partial charge in [-0.2, -0.15) is 5.10 Å². The third kappa shape index (κ3) is 5.36. The highest BCUT2D eigenvalue weighted by molar-refractivity contribution is 6.31. The Balaban J connectivity index is 1.51. The molecule has 0 saturated heterocycles. The number of amides is 1. The van der Waals surface area contributed by atoms with Crippen LogP contribution >= 0.6 is 11.6 Å². The van der Waals surface area contributed by atoms with Crippen LogP contribution in [0.25, 0.3) is 0 Å². The Kier molecular flexibility index (Phi) is 6.71. The van der Waals surface area contributed by atoms with E-state index in [1.807, 2.05) is 55.5 Å². The number of methoxy groups -OCH3 is 1. The molecule has 1 N–H and O–H groups in total. The standard InChI is InChI=1S/C22H24ClN3O2/c1-16(7-8-17-9-11-20(28-2)12-10-17)25-22(27)19-13-24-26(15-19)14-18-5-3-4-6-21(18)23/h3-6,9-13,15-16H,7-8,14H2,1-2H3,(H,25,27). The first-order valence-electron chi connectivity index (χ1n) is 9.25. The van der Waals surface area contributed by atoms with E-state index in [4.69, 9.17) is 16.3 Å². The molecule has 28 heavy (non-hydrogen) atoms. The van der Waals surface area contributed by atoms with Crippen molar-refractivity contribution >= 4 is 17.5 Å². The van der Waals surface area contributed by atoms with E-state index in [1.165, 1.54) is 5.56 Å². The molecule has 1 atom stereocenters. The van der Waals surface area contributed by atoms with Crippen molar-refractivity contribution in [2.24, 2.45) is 0 Å². The quantitative estimate of drug-likeness (QED) is 0.615. The van der Waals surface area contributed by atoms with Gasteiger partial charge in [0.1, 0.15) is 5.75 Å². The van der Waals surface area contributed by atoms with E-state index in [2.05, 4.69) is 10.4 Å². The van der Waals surface area contributed by atoms with Gasteiger partial charge in [0.25, 0.3) is 5.91 Å². The number of hydrogen-bond donors (Lipinski definition) is 1. The number of nitrogens with one attached hydrogen (secondary N) is 1. The number of rotatable bonds is 8. The van der Waals surface area contributed by atoms with Crippen molar-refractivity contribution in [2.75, 3.05) is 7.11 Å². The number of carbonyl (C=O) groups excluding carboxylic acids is 1. The van der Waals surface area contributed by atoms with Gasteiger partial charge in [0.05, 0.1) is 25.4 Å². The van der Waals surface area contributed by atoms with Gasteiger partial charge in [-0.25, -0.2) is 0 Å². The highest BCUT2D eigenvalue weighted by Gasteiger charge is 2.12. The molecule has 3 aromatic rings. The summed E-state index contributed by atoms with van der Waals surface area (Å²) >= 11 is 6.19. The highest BCUT2D eigenvalue weighted by atomic mass is 35.5. The Morgan fingerprint density at radius 2 is 1.96 bits per heavy atom. The number of ether oxygens (including phenoxy) is 1. The average molecular weight is 398 g/mol. The molecule has 0 radical (unpaired) electrons. The van der Waals surface area contributed by atoms with E-state index < -0.39 is 0 Å². The number of carbonyl (C=O) groups is 1. The second-order valence-corrected chi connectivity index (χ2v) is 7.19. The monoisotopic (exact) mass is 397 g/mol. The van der Waals surface area contributed by atoms with E-state index >= 15 is 0 Å². The van der Waals surface area contributed by atoms with Crippen LogP contribution in [0, 0.1) is 0 Å². The summed E-state index contributed by atoms with van der Waals surface area (Å²) in [6, 6.07) is 15.7. The van der Waals surface area contributed by atoms with Crippen LogP contribution in [-0.4, -0.2) is 28.8 Å². The van der Waals surface area contributed by atoms with E-state index in [0.717, 1.165) is 24.2 Å². The second-order valence-electron chi connectivity index (χ2n) is 6.78. The number of aromatic nitrogens is 2. The van der Waals surface area contributed by atoms with Crippen molar-refractivity contribution < 1.29 is 9.53 Å². The van der Waals surface area contributed by atoms with Crippen molar-refractivity contribution in [3.63, 3.8) is 0 Å². The Morgan fingerprint density at radius 1 is 1.21 bits per heavy atom. The Labute approximate surface area is 170 Å². The maximum Gasteiger partial charge on any atom is 0.254 e. The molecule has 0 saturated carbocycles. The van der Waals surface area contributed by atoms with Crippen LogP contribution < -0.4 is 10.1 Å². The summed E-state index contributed by atoms with van der Waals surface area (Å²) in [6.45, 7) is 2.54. The molecular weight excluding hydrogens is 374 g/mol. The molecular formula is C22H24ClN3O2. The van der Waals surface area contributed by atoms with E-state index in [1.54, 1.807) is 24.2 Å². The normalized spacial score (nSPS) is 11.8. The predicted octanol–water partition coefficient (Wildman–Crippen LogP) is 4.34. The van der Waals surface area contributed by atoms with E-state index in [0.29, 0.717) is 17.1 Å². The minimum atomic E-state index is -0.118. The van der Waals surface area contributed by atoms with Crippen LogP contribution in [0.3, 0.4) is 0 Å². The molecule has 0 aliphatic heterocycles. The van der Waals surface area contributed by atoms with Crippen molar-refractivity contribution in [2.45, 2.75) is 32.4 Å². The van der Waals surface area contributed by atoms with Gasteiger partial charge >= 0.3 is 0 Å². The van der Waals surface area contributed by atoms with E-state index in [-0.39, 0.29) is 11.9 Å². The molecule has 0 fully saturated rings. The number of nitrogens with zero attached hydrogens (tertiary/aromatic N) is 2. The molecule has 0 bridgehead atoms. The molecule has 1 unspecified atom stereocenters. The first kappa shape index (κ1) is 20.0. The first-order valence-corrected chi connectivity index (χ1v) is 9.62. The van der Waals surface area contributed by atoms with Crippen LogP contribution in [0.4, 0.5) is 0 Å². The maximum absolute atomic E-state index is 12.5. The largest absolute Gasteiger partial charge is 0.497 e. The Morgan fingerprint density at radius 3 is 2.68 bits per heavy atom. The van der Waals surface area contributed by atoms with Crippen LogP contribution in [0.5, 0.6) is 5.75 Å². The van der Waals surface area contributed by atoms with Gasteiger partial charge in [-0.05, 0) is 49.1 Å². The van der Waals surface area contributed by atoms with Crippen molar-refractivity contribution in [1.82, 2.24) is 15.1 Å². The van der Waals surface area contributed by atoms with Crippen LogP contribution in [0.2, 0.25) is 5.02 Å². The van der Waals surface area contributed by atoms with Gasteiger partial charge in [0.2, 0.25) is 0 Å². The molecule has 0 spiro atoms. The zero-order chi connectivity index (χ0) is 19.9. The third-order valence-electron chi connectivity index (χ3n) is 4.59. The number of benzene rings is 2. The lowest BCUT2D eigenvalue weighted by Gasteiger charge is -2.13. The SMILES string of the molecule is COc1ccc(CCC(C)NC(=O)c2cnn(Cc3ccccc3Cl)c2)cc1. The molecule has 146 valence electrons.